The van der Waals surface area contributed by atoms with E-state index in [2.05, 4.69) is 5.32 Å². The van der Waals surface area contributed by atoms with Crippen LogP contribution in [-0.2, 0) is 14.8 Å². The number of likely N-dealkylation sites (N-methyl/N-ethyl adjacent to an activating group) is 1. The van der Waals surface area contributed by atoms with Gasteiger partial charge in [-0.3, -0.25) is 4.79 Å². The van der Waals surface area contributed by atoms with Gasteiger partial charge in [-0.1, -0.05) is 6.07 Å². The average molecular weight is 405 g/mol. The molecule has 2 rings (SSSR count). The van der Waals surface area contributed by atoms with E-state index in [1.54, 1.807) is 24.3 Å². The second kappa shape index (κ2) is 8.32. The summed E-state index contributed by atoms with van der Waals surface area (Å²) in [6.07, 6.45) is 0. The third kappa shape index (κ3) is 4.20. The van der Waals surface area contributed by atoms with E-state index in [0.29, 0.717) is 11.4 Å². The molecule has 0 saturated heterocycles. The molecule has 0 unspecified atom stereocenters. The van der Waals surface area contributed by atoms with Crippen LogP contribution in [0.15, 0.2) is 29.2 Å². The minimum Gasteiger partial charge on any atom is -0.497 e. The van der Waals surface area contributed by atoms with Gasteiger partial charge in [0.15, 0.2) is 0 Å². The third-order valence-corrected chi connectivity index (χ3v) is 7.40. The first-order valence-corrected chi connectivity index (χ1v) is 10.4. The molecule has 0 radical (unpaired) electrons. The number of nitrogens with zero attached hydrogens (tertiary/aromatic N) is 1. The molecule has 0 aliphatic rings. The predicted octanol–water partition coefficient (Wildman–Crippen LogP) is 3.50. The zero-order valence-corrected chi connectivity index (χ0v) is 18.3. The fourth-order valence-electron chi connectivity index (χ4n) is 3.20. The molecule has 2 aromatic rings. The van der Waals surface area contributed by atoms with E-state index in [4.69, 9.17) is 4.74 Å². The van der Waals surface area contributed by atoms with Crippen LogP contribution in [0.3, 0.4) is 0 Å². The summed E-state index contributed by atoms with van der Waals surface area (Å²) in [5.74, 6) is 0.186. The molecule has 0 heterocycles. The molecular weight excluding hydrogens is 376 g/mol. The SMILES string of the molecule is COc1cccc(NC(=O)CN(C)S(=O)(=O)c2c(C)c(C)c(C)c(C)c2C)c1. The summed E-state index contributed by atoms with van der Waals surface area (Å²) in [5, 5.41) is 2.71. The maximum atomic E-state index is 13.2. The summed E-state index contributed by atoms with van der Waals surface area (Å²) < 4.78 is 32.6. The van der Waals surface area contributed by atoms with Crippen molar-refractivity contribution in [2.24, 2.45) is 0 Å². The van der Waals surface area contributed by atoms with Crippen LogP contribution in [0.5, 0.6) is 5.75 Å². The van der Waals surface area contributed by atoms with Gasteiger partial charge in [-0.2, -0.15) is 4.31 Å². The van der Waals surface area contributed by atoms with Gasteiger partial charge in [0.2, 0.25) is 15.9 Å². The van der Waals surface area contributed by atoms with Gasteiger partial charge in [0, 0.05) is 18.8 Å². The number of anilines is 1. The Labute approximate surface area is 167 Å². The number of amides is 1. The molecule has 2 aromatic carbocycles. The first-order chi connectivity index (χ1) is 13.0. The van der Waals surface area contributed by atoms with Crippen LogP contribution in [0, 0.1) is 34.6 Å². The van der Waals surface area contributed by atoms with Crippen molar-refractivity contribution in [3.8, 4) is 5.75 Å². The molecule has 6 nitrogen and oxygen atoms in total. The predicted molar refractivity (Wildman–Crippen MR) is 112 cm³/mol. The molecule has 0 spiro atoms. The summed E-state index contributed by atoms with van der Waals surface area (Å²) in [7, 11) is -0.855. The van der Waals surface area contributed by atoms with E-state index in [-0.39, 0.29) is 11.4 Å². The second-order valence-corrected chi connectivity index (χ2v) is 8.98. The topological polar surface area (TPSA) is 75.7 Å². The van der Waals surface area contributed by atoms with E-state index in [1.807, 2.05) is 34.6 Å². The zero-order chi connectivity index (χ0) is 21.2. The van der Waals surface area contributed by atoms with Crippen molar-refractivity contribution in [3.63, 3.8) is 0 Å². The molecule has 152 valence electrons. The van der Waals surface area contributed by atoms with Gasteiger partial charge < -0.3 is 10.1 Å². The van der Waals surface area contributed by atoms with Gasteiger partial charge in [0.05, 0.1) is 18.6 Å². The Kier molecular flexibility index (Phi) is 6.52. The highest BCUT2D eigenvalue weighted by Gasteiger charge is 2.28. The number of carbonyl (C=O) groups excluding carboxylic acids is 1. The molecule has 0 aliphatic carbocycles. The quantitative estimate of drug-likeness (QED) is 0.800. The number of rotatable bonds is 6. The smallest absolute Gasteiger partial charge is 0.243 e. The number of nitrogens with one attached hydrogen (secondary N) is 1. The summed E-state index contributed by atoms with van der Waals surface area (Å²) >= 11 is 0. The Bertz CT molecular complexity index is 984. The van der Waals surface area contributed by atoms with E-state index in [0.717, 1.165) is 32.1 Å². The van der Waals surface area contributed by atoms with E-state index >= 15 is 0 Å². The highest BCUT2D eigenvalue weighted by molar-refractivity contribution is 7.89. The van der Waals surface area contributed by atoms with Gasteiger partial charge in [-0.15, -0.1) is 0 Å². The van der Waals surface area contributed by atoms with Crippen LogP contribution in [0.2, 0.25) is 0 Å². The van der Waals surface area contributed by atoms with Crippen molar-refractivity contribution in [3.05, 3.63) is 52.1 Å². The molecule has 7 heteroatoms. The van der Waals surface area contributed by atoms with Crippen LogP contribution >= 0.6 is 0 Å². The molecule has 0 bridgehead atoms. The van der Waals surface area contributed by atoms with Crippen molar-refractivity contribution >= 4 is 21.6 Å². The molecule has 1 N–H and O–H groups in total. The largest absolute Gasteiger partial charge is 0.497 e. The Morgan fingerprint density at radius 3 is 2.07 bits per heavy atom. The van der Waals surface area contributed by atoms with Gasteiger partial charge >= 0.3 is 0 Å². The minimum atomic E-state index is -3.81. The van der Waals surface area contributed by atoms with Crippen LogP contribution in [0.1, 0.15) is 27.8 Å². The lowest BCUT2D eigenvalue weighted by atomic mass is 9.95. The summed E-state index contributed by atoms with van der Waals surface area (Å²) in [6, 6.07) is 6.91. The third-order valence-electron chi connectivity index (χ3n) is 5.32. The lowest BCUT2D eigenvalue weighted by molar-refractivity contribution is -0.116. The molecule has 0 aliphatic heterocycles. The van der Waals surface area contributed by atoms with Crippen LogP contribution in [0.4, 0.5) is 5.69 Å². The van der Waals surface area contributed by atoms with Crippen molar-refractivity contribution < 1.29 is 17.9 Å². The maximum absolute atomic E-state index is 13.2. The number of ether oxygens (including phenoxy) is 1. The van der Waals surface area contributed by atoms with Crippen molar-refractivity contribution in [2.45, 2.75) is 39.5 Å². The van der Waals surface area contributed by atoms with Gasteiger partial charge in [-0.05, 0) is 74.6 Å². The van der Waals surface area contributed by atoms with Crippen LogP contribution in [0.25, 0.3) is 0 Å². The molecule has 28 heavy (non-hydrogen) atoms. The number of benzene rings is 2. The van der Waals surface area contributed by atoms with Crippen molar-refractivity contribution in [1.82, 2.24) is 4.31 Å². The van der Waals surface area contributed by atoms with E-state index in [1.165, 1.54) is 14.2 Å². The molecular formula is C21H28N2O4S. The number of carbonyl (C=O) groups is 1. The Balaban J connectivity index is 2.28. The summed E-state index contributed by atoms with van der Waals surface area (Å²) in [4.78, 5) is 12.7. The highest BCUT2D eigenvalue weighted by Crippen LogP contribution is 2.31. The molecule has 0 aromatic heterocycles. The lowest BCUT2D eigenvalue weighted by Crippen LogP contribution is -2.35. The van der Waals surface area contributed by atoms with Crippen LogP contribution in [-0.4, -0.2) is 39.3 Å². The Hall–Kier alpha value is -2.38. The fourth-order valence-corrected chi connectivity index (χ4v) is 4.88. The van der Waals surface area contributed by atoms with Gasteiger partial charge in [-0.25, -0.2) is 8.42 Å². The minimum absolute atomic E-state index is 0.282. The normalized spacial score (nSPS) is 11.6. The molecule has 0 saturated carbocycles. The molecule has 0 atom stereocenters. The van der Waals surface area contributed by atoms with Gasteiger partial charge in [0.25, 0.3) is 0 Å². The van der Waals surface area contributed by atoms with Crippen LogP contribution < -0.4 is 10.1 Å². The number of methoxy groups -OCH3 is 1. The Morgan fingerprint density at radius 1 is 1.00 bits per heavy atom. The highest BCUT2D eigenvalue weighted by atomic mass is 32.2. The second-order valence-electron chi connectivity index (χ2n) is 7.00. The van der Waals surface area contributed by atoms with E-state index < -0.39 is 15.9 Å². The standard InChI is InChI=1S/C21H28N2O4S/c1-13-14(2)16(4)21(17(5)15(13)3)28(25,26)23(6)12-20(24)22-18-9-8-10-19(11-18)27-7/h8-11H,12H2,1-7H3,(H,22,24). The zero-order valence-electron chi connectivity index (χ0n) is 17.5. The number of hydrogen-bond acceptors (Lipinski definition) is 4. The summed E-state index contributed by atoms with van der Waals surface area (Å²) in [6.45, 7) is 9.17. The monoisotopic (exact) mass is 404 g/mol. The number of hydrogen-bond donors (Lipinski definition) is 1. The number of sulfonamides is 1. The Morgan fingerprint density at radius 2 is 1.54 bits per heavy atom. The maximum Gasteiger partial charge on any atom is 0.243 e. The van der Waals surface area contributed by atoms with E-state index in [9.17, 15) is 13.2 Å². The first-order valence-electron chi connectivity index (χ1n) is 8.97. The molecule has 1 amide bonds. The van der Waals surface area contributed by atoms with Crippen molar-refractivity contribution in [2.75, 3.05) is 26.0 Å². The fraction of sp³-hybridized carbons (Fsp3) is 0.381. The molecule has 0 fully saturated rings. The van der Waals surface area contributed by atoms with Gasteiger partial charge in [0.1, 0.15) is 5.75 Å². The first kappa shape index (κ1) is 21.9. The van der Waals surface area contributed by atoms with Crippen molar-refractivity contribution in [1.29, 1.82) is 0 Å². The summed E-state index contributed by atoms with van der Waals surface area (Å²) in [5.41, 5.74) is 4.99. The average Bonchev–Trinajstić information content (AvgIpc) is 2.64. The lowest BCUT2D eigenvalue weighted by Gasteiger charge is -2.23.